The van der Waals surface area contributed by atoms with Crippen LogP contribution in [0.25, 0.3) is 0 Å². The van der Waals surface area contributed by atoms with Crippen LogP contribution < -0.4 is 5.32 Å². The molecule has 2 N–H and O–H groups in total. The Hall–Kier alpha value is -1.94. The lowest BCUT2D eigenvalue weighted by Crippen LogP contribution is -2.13. The van der Waals surface area contributed by atoms with Gasteiger partial charge >= 0.3 is 5.97 Å². The highest BCUT2D eigenvalue weighted by atomic mass is 32.2. The van der Waals surface area contributed by atoms with Gasteiger partial charge in [0.15, 0.2) is 4.34 Å². The van der Waals surface area contributed by atoms with Gasteiger partial charge in [-0.05, 0) is 13.8 Å². The van der Waals surface area contributed by atoms with E-state index in [1.54, 1.807) is 13.8 Å². The number of carboxylic acids is 1. The van der Waals surface area contributed by atoms with Gasteiger partial charge in [-0.15, -0.1) is 10.2 Å². The van der Waals surface area contributed by atoms with E-state index >= 15 is 0 Å². The summed E-state index contributed by atoms with van der Waals surface area (Å²) in [4.78, 5) is 22.5. The Balaban J connectivity index is 2.03. The van der Waals surface area contributed by atoms with Gasteiger partial charge in [0, 0.05) is 0 Å². The number of nitrogens with one attached hydrogen (secondary N) is 1. The topological polar surface area (TPSA) is 118 Å². The van der Waals surface area contributed by atoms with Gasteiger partial charge in [0.25, 0.3) is 5.91 Å². The van der Waals surface area contributed by atoms with Gasteiger partial charge in [-0.1, -0.05) is 28.3 Å². The van der Waals surface area contributed by atoms with Crippen LogP contribution in [0, 0.1) is 13.8 Å². The predicted molar refractivity (Wildman–Crippen MR) is 72.2 cm³/mol. The average molecular weight is 314 g/mol. The second-order valence-electron chi connectivity index (χ2n) is 3.71. The number of aromatic nitrogens is 3. The minimum absolute atomic E-state index is 0.105. The van der Waals surface area contributed by atoms with Crippen LogP contribution in [0.15, 0.2) is 8.86 Å². The van der Waals surface area contributed by atoms with E-state index in [0.29, 0.717) is 26.5 Å². The number of hydrogen-bond acceptors (Lipinski definition) is 8. The molecular formula is C10H10N4O4S2. The molecule has 1 amide bonds. The van der Waals surface area contributed by atoms with Crippen LogP contribution in [-0.4, -0.2) is 38.1 Å². The lowest BCUT2D eigenvalue weighted by molar-refractivity contribution is -0.133. The fourth-order valence-electron chi connectivity index (χ4n) is 1.41. The monoisotopic (exact) mass is 314 g/mol. The third-order valence-corrected chi connectivity index (χ3v) is 4.16. The first kappa shape index (κ1) is 14.5. The molecule has 2 heterocycles. The molecule has 0 fully saturated rings. The first-order valence-corrected chi connectivity index (χ1v) is 7.20. The molecule has 20 heavy (non-hydrogen) atoms. The summed E-state index contributed by atoms with van der Waals surface area (Å²) in [5.74, 6) is -1.00. The summed E-state index contributed by atoms with van der Waals surface area (Å²) in [5, 5.41) is 22.7. The fourth-order valence-corrected chi connectivity index (χ4v) is 2.88. The number of carboxylic acid groups (broad SMARTS) is 1. The summed E-state index contributed by atoms with van der Waals surface area (Å²) in [7, 11) is 0. The maximum Gasteiger partial charge on any atom is 0.313 e. The summed E-state index contributed by atoms with van der Waals surface area (Å²) in [6, 6.07) is 0. The molecule has 0 saturated heterocycles. The minimum atomic E-state index is -0.938. The van der Waals surface area contributed by atoms with E-state index in [4.69, 9.17) is 9.63 Å². The molecule has 2 rings (SSSR count). The standard InChI is InChI=1S/C10H10N4O4S2/c1-4-7(5(2)18-14-4)8(17)11-9-12-13-10(20-9)19-3-6(15)16/h3H2,1-2H3,(H,15,16)(H,11,12,17). The zero-order chi connectivity index (χ0) is 14.7. The second kappa shape index (κ2) is 6.01. The van der Waals surface area contributed by atoms with E-state index in [2.05, 4.69) is 20.7 Å². The molecule has 2 aromatic rings. The number of aliphatic carboxylic acids is 1. The third kappa shape index (κ3) is 3.33. The molecular weight excluding hydrogens is 304 g/mol. The average Bonchev–Trinajstić information content (AvgIpc) is 2.94. The van der Waals surface area contributed by atoms with Gasteiger partial charge < -0.3 is 9.63 Å². The molecule has 2 aromatic heterocycles. The third-order valence-electron chi connectivity index (χ3n) is 2.21. The van der Waals surface area contributed by atoms with Crippen molar-refractivity contribution in [3.63, 3.8) is 0 Å². The van der Waals surface area contributed by atoms with Crippen molar-refractivity contribution in [1.82, 2.24) is 15.4 Å². The molecule has 10 heteroatoms. The van der Waals surface area contributed by atoms with E-state index in [1.807, 2.05) is 0 Å². The van der Waals surface area contributed by atoms with E-state index in [1.165, 1.54) is 0 Å². The highest BCUT2D eigenvalue weighted by molar-refractivity contribution is 8.01. The molecule has 8 nitrogen and oxygen atoms in total. The Kier molecular flexibility index (Phi) is 4.35. The molecule has 0 unspecified atom stereocenters. The molecule has 0 aromatic carbocycles. The van der Waals surface area contributed by atoms with E-state index in [0.717, 1.165) is 23.1 Å². The summed E-state index contributed by atoms with van der Waals surface area (Å²) >= 11 is 2.15. The molecule has 0 radical (unpaired) electrons. The van der Waals surface area contributed by atoms with Crippen LogP contribution >= 0.6 is 23.1 Å². The number of carbonyl (C=O) groups excluding carboxylic acids is 1. The number of hydrogen-bond donors (Lipinski definition) is 2. The first-order valence-electron chi connectivity index (χ1n) is 5.39. The number of thioether (sulfide) groups is 1. The van der Waals surface area contributed by atoms with E-state index in [-0.39, 0.29) is 11.7 Å². The van der Waals surface area contributed by atoms with Crippen molar-refractivity contribution in [2.75, 3.05) is 11.1 Å². The fraction of sp³-hybridized carbons (Fsp3) is 0.300. The molecule has 0 aliphatic heterocycles. The first-order chi connectivity index (χ1) is 9.47. The molecule has 0 spiro atoms. The number of nitrogens with zero attached hydrogens (tertiary/aromatic N) is 3. The van der Waals surface area contributed by atoms with E-state index in [9.17, 15) is 9.59 Å². The Morgan fingerprint density at radius 2 is 2.15 bits per heavy atom. The number of amides is 1. The summed E-state index contributed by atoms with van der Waals surface area (Å²) in [6.07, 6.45) is 0. The highest BCUT2D eigenvalue weighted by Crippen LogP contribution is 2.26. The molecule has 106 valence electrons. The van der Waals surface area contributed by atoms with Gasteiger partial charge in [-0.2, -0.15) is 0 Å². The van der Waals surface area contributed by atoms with Crippen molar-refractivity contribution in [2.45, 2.75) is 18.2 Å². The maximum atomic E-state index is 12.0. The molecule has 0 aliphatic rings. The predicted octanol–water partition coefficient (Wildman–Crippen LogP) is 1.57. The zero-order valence-corrected chi connectivity index (χ0v) is 12.2. The van der Waals surface area contributed by atoms with Crippen LogP contribution in [0.5, 0.6) is 0 Å². The number of anilines is 1. The Morgan fingerprint density at radius 1 is 1.40 bits per heavy atom. The van der Waals surface area contributed by atoms with Gasteiger partial charge in [0.1, 0.15) is 11.3 Å². The number of rotatable bonds is 5. The van der Waals surface area contributed by atoms with Gasteiger partial charge in [0.05, 0.1) is 11.4 Å². The normalized spacial score (nSPS) is 10.5. The van der Waals surface area contributed by atoms with Crippen LogP contribution in [-0.2, 0) is 4.79 Å². The lowest BCUT2D eigenvalue weighted by atomic mass is 10.2. The SMILES string of the molecule is Cc1noc(C)c1C(=O)Nc1nnc(SCC(=O)O)s1. The van der Waals surface area contributed by atoms with Crippen LogP contribution in [0.2, 0.25) is 0 Å². The molecule has 0 aliphatic carbocycles. The Morgan fingerprint density at radius 3 is 2.75 bits per heavy atom. The molecule has 0 saturated carbocycles. The lowest BCUT2D eigenvalue weighted by Gasteiger charge is -1.98. The Bertz CT molecular complexity index is 632. The molecule has 0 atom stereocenters. The van der Waals surface area contributed by atoms with Crippen molar-refractivity contribution in [2.24, 2.45) is 0 Å². The largest absolute Gasteiger partial charge is 0.481 e. The van der Waals surface area contributed by atoms with Crippen LogP contribution in [0.4, 0.5) is 5.13 Å². The highest BCUT2D eigenvalue weighted by Gasteiger charge is 2.19. The van der Waals surface area contributed by atoms with E-state index < -0.39 is 5.97 Å². The van der Waals surface area contributed by atoms with Crippen LogP contribution in [0.3, 0.4) is 0 Å². The summed E-state index contributed by atoms with van der Waals surface area (Å²) in [6.45, 7) is 3.31. The van der Waals surface area contributed by atoms with Crippen molar-refractivity contribution in [1.29, 1.82) is 0 Å². The van der Waals surface area contributed by atoms with Crippen molar-refractivity contribution < 1.29 is 19.2 Å². The quantitative estimate of drug-likeness (QED) is 0.630. The molecule has 0 bridgehead atoms. The summed E-state index contributed by atoms with van der Waals surface area (Å²) < 4.78 is 5.38. The van der Waals surface area contributed by atoms with Crippen molar-refractivity contribution in [3.8, 4) is 0 Å². The van der Waals surface area contributed by atoms with Crippen LogP contribution in [0.1, 0.15) is 21.8 Å². The Labute approximate surface area is 121 Å². The second-order valence-corrected chi connectivity index (χ2v) is 5.91. The number of carbonyl (C=O) groups is 2. The van der Waals surface area contributed by atoms with Crippen molar-refractivity contribution >= 4 is 40.1 Å². The number of aryl methyl sites for hydroxylation is 2. The van der Waals surface area contributed by atoms with Gasteiger partial charge in [-0.25, -0.2) is 0 Å². The zero-order valence-electron chi connectivity index (χ0n) is 10.5. The summed E-state index contributed by atoms with van der Waals surface area (Å²) in [5.41, 5.74) is 0.852. The maximum absolute atomic E-state index is 12.0. The smallest absolute Gasteiger partial charge is 0.313 e. The minimum Gasteiger partial charge on any atom is -0.481 e. The van der Waals surface area contributed by atoms with Crippen molar-refractivity contribution in [3.05, 3.63) is 17.0 Å². The van der Waals surface area contributed by atoms with Gasteiger partial charge in [0.2, 0.25) is 5.13 Å². The van der Waals surface area contributed by atoms with Gasteiger partial charge in [-0.3, -0.25) is 14.9 Å².